The minimum absolute atomic E-state index is 0.131. The van der Waals surface area contributed by atoms with Gasteiger partial charge in [-0.05, 0) is 76.3 Å². The number of anilines is 2. The fourth-order valence-electron chi connectivity index (χ4n) is 3.91. The number of hydrogen-bond donors (Lipinski definition) is 2. The molecule has 9 heteroatoms. The lowest BCUT2D eigenvalue weighted by Gasteiger charge is -2.37. The third-order valence-electron chi connectivity index (χ3n) is 5.34. The van der Waals surface area contributed by atoms with Gasteiger partial charge in [0, 0.05) is 23.3 Å². The third-order valence-corrected chi connectivity index (χ3v) is 5.65. The molecule has 0 bridgehead atoms. The SMILES string of the molecule is Cc1c(-c2cc(Cl)c3cnc(N)cc3c2)cncc1N(C(=O)O)C(C)(C)CC(=O)OC(C)(C)C. The van der Waals surface area contributed by atoms with E-state index in [1.54, 1.807) is 59.1 Å². The zero-order valence-electron chi connectivity index (χ0n) is 20.1. The maximum Gasteiger partial charge on any atom is 0.412 e. The number of aromatic nitrogens is 2. The second-order valence-corrected chi connectivity index (χ2v) is 10.2. The van der Waals surface area contributed by atoms with Crippen LogP contribution in [0.2, 0.25) is 5.02 Å². The van der Waals surface area contributed by atoms with Crippen LogP contribution in [0.1, 0.15) is 46.6 Å². The Bertz CT molecular complexity index is 1270. The van der Waals surface area contributed by atoms with Gasteiger partial charge in [0.2, 0.25) is 0 Å². The monoisotopic (exact) mass is 484 g/mol. The van der Waals surface area contributed by atoms with Gasteiger partial charge in [-0.2, -0.15) is 0 Å². The number of carboxylic acid groups (broad SMARTS) is 1. The van der Waals surface area contributed by atoms with Crippen LogP contribution in [0.4, 0.5) is 16.3 Å². The van der Waals surface area contributed by atoms with Gasteiger partial charge in [-0.15, -0.1) is 0 Å². The number of ether oxygens (including phenoxy) is 1. The van der Waals surface area contributed by atoms with E-state index < -0.39 is 23.2 Å². The molecule has 180 valence electrons. The molecular weight excluding hydrogens is 456 g/mol. The Labute approximate surface area is 203 Å². The summed E-state index contributed by atoms with van der Waals surface area (Å²) >= 11 is 6.50. The van der Waals surface area contributed by atoms with Gasteiger partial charge < -0.3 is 15.6 Å². The molecule has 2 heterocycles. The number of nitrogens with two attached hydrogens (primary N) is 1. The topological polar surface area (TPSA) is 119 Å². The van der Waals surface area contributed by atoms with Crippen molar-refractivity contribution in [2.24, 2.45) is 0 Å². The molecule has 0 spiro atoms. The quantitative estimate of drug-likeness (QED) is 0.437. The van der Waals surface area contributed by atoms with Crippen molar-refractivity contribution >= 4 is 45.9 Å². The molecule has 1 amide bonds. The normalized spacial score (nSPS) is 12.0. The summed E-state index contributed by atoms with van der Waals surface area (Å²) in [6.45, 7) is 10.5. The van der Waals surface area contributed by atoms with Crippen LogP contribution >= 0.6 is 11.6 Å². The number of pyridine rings is 2. The number of benzene rings is 1. The van der Waals surface area contributed by atoms with Gasteiger partial charge in [0.25, 0.3) is 0 Å². The van der Waals surface area contributed by atoms with Gasteiger partial charge in [0.15, 0.2) is 0 Å². The zero-order valence-corrected chi connectivity index (χ0v) is 20.9. The fourth-order valence-corrected chi connectivity index (χ4v) is 4.19. The second kappa shape index (κ2) is 9.10. The summed E-state index contributed by atoms with van der Waals surface area (Å²) in [5, 5.41) is 12.2. The lowest BCUT2D eigenvalue weighted by molar-refractivity contribution is -0.155. The Kier molecular flexibility index (Phi) is 6.75. The van der Waals surface area contributed by atoms with Crippen molar-refractivity contribution in [1.29, 1.82) is 0 Å². The van der Waals surface area contributed by atoms with Gasteiger partial charge >= 0.3 is 12.1 Å². The molecule has 3 rings (SSSR count). The smallest absolute Gasteiger partial charge is 0.412 e. The highest BCUT2D eigenvalue weighted by Gasteiger charge is 2.37. The fraction of sp³-hybridized carbons (Fsp3) is 0.360. The van der Waals surface area contributed by atoms with Crippen LogP contribution in [0.5, 0.6) is 0 Å². The number of carbonyl (C=O) groups is 2. The molecule has 0 atom stereocenters. The largest absolute Gasteiger partial charge is 0.465 e. The van der Waals surface area contributed by atoms with Crippen LogP contribution in [0.15, 0.2) is 36.8 Å². The highest BCUT2D eigenvalue weighted by atomic mass is 35.5. The van der Waals surface area contributed by atoms with Crippen LogP contribution < -0.4 is 10.6 Å². The molecule has 3 N–H and O–H groups in total. The lowest BCUT2D eigenvalue weighted by Crippen LogP contribution is -2.49. The zero-order chi connectivity index (χ0) is 25.4. The van der Waals surface area contributed by atoms with Crippen LogP contribution in [-0.4, -0.2) is 38.3 Å². The third kappa shape index (κ3) is 5.39. The number of carbonyl (C=O) groups excluding carboxylic acids is 1. The van der Waals surface area contributed by atoms with Gasteiger partial charge in [-0.1, -0.05) is 11.6 Å². The first kappa shape index (κ1) is 25.2. The van der Waals surface area contributed by atoms with Gasteiger partial charge in [0.1, 0.15) is 11.4 Å². The molecule has 0 unspecified atom stereocenters. The maximum absolute atomic E-state index is 12.5. The summed E-state index contributed by atoms with van der Waals surface area (Å²) in [7, 11) is 0. The first-order chi connectivity index (χ1) is 15.7. The molecule has 3 aromatic rings. The first-order valence-electron chi connectivity index (χ1n) is 10.7. The van der Waals surface area contributed by atoms with Crippen molar-refractivity contribution < 1.29 is 19.4 Å². The predicted molar refractivity (Wildman–Crippen MR) is 134 cm³/mol. The van der Waals surface area contributed by atoms with Crippen molar-refractivity contribution in [3.63, 3.8) is 0 Å². The number of esters is 1. The van der Waals surface area contributed by atoms with Gasteiger partial charge in [-0.3, -0.25) is 14.7 Å². The van der Waals surface area contributed by atoms with E-state index in [1.165, 1.54) is 6.20 Å². The number of amides is 1. The molecule has 0 aliphatic rings. The average molecular weight is 485 g/mol. The summed E-state index contributed by atoms with van der Waals surface area (Å²) in [6, 6.07) is 5.42. The lowest BCUT2D eigenvalue weighted by atomic mass is 9.94. The van der Waals surface area contributed by atoms with E-state index in [-0.39, 0.29) is 6.42 Å². The van der Waals surface area contributed by atoms with Crippen molar-refractivity contribution in [3.05, 3.63) is 47.4 Å². The summed E-state index contributed by atoms with van der Waals surface area (Å²) in [5.74, 6) is -0.122. The summed E-state index contributed by atoms with van der Waals surface area (Å²) in [6.07, 6.45) is 3.42. The van der Waals surface area contributed by atoms with Crippen LogP contribution in [0.25, 0.3) is 21.9 Å². The van der Waals surface area contributed by atoms with Gasteiger partial charge in [-0.25, -0.2) is 9.78 Å². The van der Waals surface area contributed by atoms with Crippen molar-refractivity contribution in [2.75, 3.05) is 10.6 Å². The van der Waals surface area contributed by atoms with E-state index in [9.17, 15) is 14.7 Å². The Balaban J connectivity index is 2.08. The number of nitrogen functional groups attached to an aromatic ring is 1. The summed E-state index contributed by atoms with van der Waals surface area (Å²) < 4.78 is 5.42. The van der Waals surface area contributed by atoms with E-state index in [0.29, 0.717) is 27.7 Å². The summed E-state index contributed by atoms with van der Waals surface area (Å²) in [4.78, 5) is 34.4. The van der Waals surface area contributed by atoms with E-state index in [2.05, 4.69) is 9.97 Å². The standard InChI is InChI=1S/C25H29ClN4O4/c1-14-17(15-7-16-9-21(27)29-12-18(16)19(26)8-15)11-28-13-20(14)30(23(32)33)25(5,6)10-22(31)34-24(2,3)4/h7-9,11-13H,10H2,1-6H3,(H2,27,29)(H,32,33). The number of hydrogen-bond acceptors (Lipinski definition) is 6. The molecule has 0 radical (unpaired) electrons. The minimum atomic E-state index is -1.20. The number of rotatable bonds is 5. The number of nitrogens with zero attached hydrogens (tertiary/aromatic N) is 3. The highest BCUT2D eigenvalue weighted by Crippen LogP contribution is 2.37. The highest BCUT2D eigenvalue weighted by molar-refractivity contribution is 6.36. The average Bonchev–Trinajstić information content (AvgIpc) is 2.66. The van der Waals surface area contributed by atoms with Gasteiger partial charge in [0.05, 0.1) is 28.9 Å². The number of halogens is 1. The molecule has 0 aliphatic carbocycles. The van der Waals surface area contributed by atoms with E-state index in [0.717, 1.165) is 21.2 Å². The predicted octanol–water partition coefficient (Wildman–Crippen LogP) is 5.84. The van der Waals surface area contributed by atoms with Crippen molar-refractivity contribution in [1.82, 2.24) is 9.97 Å². The summed E-state index contributed by atoms with van der Waals surface area (Å²) in [5.41, 5.74) is 6.57. The van der Waals surface area contributed by atoms with Crippen LogP contribution in [-0.2, 0) is 9.53 Å². The van der Waals surface area contributed by atoms with E-state index in [1.807, 2.05) is 13.0 Å². The molecular formula is C25H29ClN4O4. The number of fused-ring (bicyclic) bond motifs is 1. The van der Waals surface area contributed by atoms with Crippen molar-refractivity contribution in [3.8, 4) is 11.1 Å². The minimum Gasteiger partial charge on any atom is -0.465 e. The second-order valence-electron chi connectivity index (χ2n) is 9.81. The molecule has 34 heavy (non-hydrogen) atoms. The van der Waals surface area contributed by atoms with E-state index >= 15 is 0 Å². The molecule has 2 aromatic heterocycles. The molecule has 0 saturated heterocycles. The van der Waals surface area contributed by atoms with Crippen molar-refractivity contribution in [2.45, 2.75) is 59.1 Å². The molecule has 1 aromatic carbocycles. The Morgan fingerprint density at radius 1 is 1.12 bits per heavy atom. The molecule has 0 saturated carbocycles. The van der Waals surface area contributed by atoms with Crippen LogP contribution in [0.3, 0.4) is 0 Å². The first-order valence-corrected chi connectivity index (χ1v) is 11.1. The maximum atomic E-state index is 12.5. The Morgan fingerprint density at radius 2 is 1.79 bits per heavy atom. The molecule has 8 nitrogen and oxygen atoms in total. The molecule has 0 aliphatic heterocycles. The molecule has 0 fully saturated rings. The Hall–Kier alpha value is -3.39. The van der Waals surface area contributed by atoms with Crippen LogP contribution in [0, 0.1) is 6.92 Å². The Morgan fingerprint density at radius 3 is 2.41 bits per heavy atom. The van der Waals surface area contributed by atoms with E-state index in [4.69, 9.17) is 22.1 Å².